The summed E-state index contributed by atoms with van der Waals surface area (Å²) in [6.45, 7) is 10.2. The van der Waals surface area contributed by atoms with Crippen LogP contribution in [-0.4, -0.2) is 43.0 Å². The molecule has 0 saturated carbocycles. The van der Waals surface area contributed by atoms with E-state index in [4.69, 9.17) is 0 Å². The number of nitrogens with zero attached hydrogens (tertiary/aromatic N) is 1. The van der Waals surface area contributed by atoms with Crippen LogP contribution in [0.2, 0.25) is 0 Å². The predicted molar refractivity (Wildman–Crippen MR) is 68.8 cm³/mol. The summed E-state index contributed by atoms with van der Waals surface area (Å²) in [5, 5.41) is 5.54. The normalized spacial score (nSPS) is 10.2. The van der Waals surface area contributed by atoms with Gasteiger partial charge in [0.25, 0.3) is 0 Å². The minimum absolute atomic E-state index is 0.0390. The zero-order valence-electron chi connectivity index (χ0n) is 11.4. The van der Waals surface area contributed by atoms with Crippen LogP contribution < -0.4 is 10.6 Å². The molecule has 0 saturated heterocycles. The Kier molecular flexibility index (Phi) is 8.19. The summed E-state index contributed by atoms with van der Waals surface area (Å²) in [6.07, 6.45) is 0.532. The quantitative estimate of drug-likeness (QED) is 0.660. The van der Waals surface area contributed by atoms with Gasteiger partial charge >= 0.3 is 6.03 Å². The summed E-state index contributed by atoms with van der Waals surface area (Å²) >= 11 is 0. The van der Waals surface area contributed by atoms with Crippen molar-refractivity contribution in [2.45, 2.75) is 34.1 Å². The lowest BCUT2D eigenvalue weighted by molar-refractivity contribution is -0.121. The topological polar surface area (TPSA) is 61.4 Å². The second-order valence-corrected chi connectivity index (χ2v) is 4.35. The molecule has 0 aliphatic rings. The van der Waals surface area contributed by atoms with Crippen LogP contribution in [0.5, 0.6) is 0 Å². The van der Waals surface area contributed by atoms with Gasteiger partial charge in [-0.1, -0.05) is 13.8 Å². The third-order valence-corrected chi connectivity index (χ3v) is 2.37. The number of hydrogen-bond donors (Lipinski definition) is 2. The third-order valence-electron chi connectivity index (χ3n) is 2.37. The molecule has 100 valence electrons. The smallest absolute Gasteiger partial charge is 0.317 e. The fourth-order valence-electron chi connectivity index (χ4n) is 1.44. The number of hydrogen-bond acceptors (Lipinski definition) is 2. The van der Waals surface area contributed by atoms with E-state index >= 15 is 0 Å². The monoisotopic (exact) mass is 243 g/mol. The highest BCUT2D eigenvalue weighted by atomic mass is 16.2. The van der Waals surface area contributed by atoms with Gasteiger partial charge in [-0.05, 0) is 19.8 Å². The van der Waals surface area contributed by atoms with Crippen molar-refractivity contribution in [2.24, 2.45) is 5.92 Å². The first kappa shape index (κ1) is 15.7. The molecule has 0 fully saturated rings. The molecular weight excluding hydrogens is 218 g/mol. The van der Waals surface area contributed by atoms with Crippen LogP contribution in [0, 0.1) is 5.92 Å². The Balaban J connectivity index is 3.64. The number of nitrogens with one attached hydrogen (secondary N) is 2. The van der Waals surface area contributed by atoms with E-state index in [0.29, 0.717) is 38.5 Å². The zero-order chi connectivity index (χ0) is 13.3. The molecule has 0 aromatic rings. The fourth-order valence-corrected chi connectivity index (χ4v) is 1.44. The molecule has 5 nitrogen and oxygen atoms in total. The molecule has 5 heteroatoms. The molecule has 0 radical (unpaired) electrons. The van der Waals surface area contributed by atoms with Crippen LogP contribution in [0.1, 0.15) is 34.1 Å². The number of urea groups is 1. The van der Waals surface area contributed by atoms with E-state index < -0.39 is 0 Å². The van der Waals surface area contributed by atoms with Crippen molar-refractivity contribution in [1.29, 1.82) is 0 Å². The van der Waals surface area contributed by atoms with Gasteiger partial charge < -0.3 is 15.5 Å². The van der Waals surface area contributed by atoms with Gasteiger partial charge in [-0.15, -0.1) is 0 Å². The van der Waals surface area contributed by atoms with E-state index in [9.17, 15) is 9.59 Å². The summed E-state index contributed by atoms with van der Waals surface area (Å²) in [5.41, 5.74) is 0. The van der Waals surface area contributed by atoms with Gasteiger partial charge in [0, 0.05) is 32.6 Å². The van der Waals surface area contributed by atoms with Crippen molar-refractivity contribution < 1.29 is 9.59 Å². The average Bonchev–Trinajstić information content (AvgIpc) is 2.25. The molecule has 0 rings (SSSR count). The van der Waals surface area contributed by atoms with Crippen molar-refractivity contribution in [3.05, 3.63) is 0 Å². The molecule has 0 heterocycles. The highest BCUT2D eigenvalue weighted by Gasteiger charge is 2.08. The van der Waals surface area contributed by atoms with Crippen LogP contribution in [0.15, 0.2) is 0 Å². The summed E-state index contributed by atoms with van der Waals surface area (Å²) in [5.74, 6) is 0.400. The maximum Gasteiger partial charge on any atom is 0.317 e. The molecule has 0 unspecified atom stereocenters. The second-order valence-electron chi connectivity index (χ2n) is 4.35. The van der Waals surface area contributed by atoms with Crippen molar-refractivity contribution in [3.8, 4) is 0 Å². The Bertz CT molecular complexity index is 238. The standard InChI is InChI=1S/C12H25N3O2/c1-5-15(6-2)12(17)14-8-7-13-11(16)9-10(3)4/h10H,5-9H2,1-4H3,(H,13,16)(H,14,17). The zero-order valence-corrected chi connectivity index (χ0v) is 11.4. The number of carbonyl (C=O) groups excluding carboxylic acids is 2. The van der Waals surface area contributed by atoms with Crippen LogP contribution in [-0.2, 0) is 4.79 Å². The fraction of sp³-hybridized carbons (Fsp3) is 0.833. The Morgan fingerprint density at radius 1 is 1.06 bits per heavy atom. The molecule has 0 spiro atoms. The molecule has 2 N–H and O–H groups in total. The molecule has 17 heavy (non-hydrogen) atoms. The van der Waals surface area contributed by atoms with Crippen molar-refractivity contribution >= 4 is 11.9 Å². The van der Waals surface area contributed by atoms with Gasteiger partial charge in [0.1, 0.15) is 0 Å². The Morgan fingerprint density at radius 3 is 2.06 bits per heavy atom. The predicted octanol–water partition coefficient (Wildman–Crippen LogP) is 1.20. The first-order valence-corrected chi connectivity index (χ1v) is 6.30. The van der Waals surface area contributed by atoms with Crippen molar-refractivity contribution in [3.63, 3.8) is 0 Å². The number of carbonyl (C=O) groups is 2. The highest BCUT2D eigenvalue weighted by molar-refractivity contribution is 5.76. The largest absolute Gasteiger partial charge is 0.354 e. The van der Waals surface area contributed by atoms with Gasteiger partial charge in [-0.25, -0.2) is 4.79 Å². The van der Waals surface area contributed by atoms with Gasteiger partial charge in [0.2, 0.25) is 5.91 Å². The number of rotatable bonds is 7. The van der Waals surface area contributed by atoms with Gasteiger partial charge in [-0.2, -0.15) is 0 Å². The van der Waals surface area contributed by atoms with Crippen LogP contribution in [0.4, 0.5) is 4.79 Å². The molecule has 0 aliphatic heterocycles. The third kappa shape index (κ3) is 7.60. The molecular formula is C12H25N3O2. The maximum atomic E-state index is 11.5. The SMILES string of the molecule is CCN(CC)C(=O)NCCNC(=O)CC(C)C. The van der Waals surface area contributed by atoms with Crippen LogP contribution in [0.3, 0.4) is 0 Å². The lowest BCUT2D eigenvalue weighted by atomic mass is 10.1. The van der Waals surface area contributed by atoms with E-state index in [1.54, 1.807) is 4.90 Å². The Morgan fingerprint density at radius 2 is 1.59 bits per heavy atom. The van der Waals surface area contributed by atoms with Crippen LogP contribution in [0.25, 0.3) is 0 Å². The summed E-state index contributed by atoms with van der Waals surface area (Å²) in [6, 6.07) is -0.0758. The van der Waals surface area contributed by atoms with Crippen molar-refractivity contribution in [1.82, 2.24) is 15.5 Å². The van der Waals surface area contributed by atoms with Gasteiger partial charge in [0.15, 0.2) is 0 Å². The van der Waals surface area contributed by atoms with Crippen molar-refractivity contribution in [2.75, 3.05) is 26.2 Å². The minimum atomic E-state index is -0.0758. The lowest BCUT2D eigenvalue weighted by Gasteiger charge is -2.19. The molecule has 0 atom stereocenters. The molecule has 0 aliphatic carbocycles. The molecule has 0 bridgehead atoms. The average molecular weight is 243 g/mol. The van der Waals surface area contributed by atoms with E-state index in [1.165, 1.54) is 0 Å². The van der Waals surface area contributed by atoms with Gasteiger partial charge in [0.05, 0.1) is 0 Å². The highest BCUT2D eigenvalue weighted by Crippen LogP contribution is 1.97. The first-order chi connectivity index (χ1) is 8.01. The molecule has 0 aromatic heterocycles. The minimum Gasteiger partial charge on any atom is -0.354 e. The summed E-state index contributed by atoms with van der Waals surface area (Å²) < 4.78 is 0. The van der Waals surface area contributed by atoms with Crippen LogP contribution >= 0.6 is 0 Å². The van der Waals surface area contributed by atoms with Gasteiger partial charge in [-0.3, -0.25) is 4.79 Å². The molecule has 0 aromatic carbocycles. The summed E-state index contributed by atoms with van der Waals surface area (Å²) in [7, 11) is 0. The Labute approximate surface area is 104 Å². The van der Waals surface area contributed by atoms with E-state index in [0.717, 1.165) is 0 Å². The Hall–Kier alpha value is -1.26. The first-order valence-electron chi connectivity index (χ1n) is 6.30. The molecule has 3 amide bonds. The van der Waals surface area contributed by atoms with E-state index in [-0.39, 0.29) is 11.9 Å². The second kappa shape index (κ2) is 8.84. The lowest BCUT2D eigenvalue weighted by Crippen LogP contribution is -2.42. The number of amides is 3. The van der Waals surface area contributed by atoms with E-state index in [2.05, 4.69) is 10.6 Å². The summed E-state index contributed by atoms with van der Waals surface area (Å²) in [4.78, 5) is 24.5. The maximum absolute atomic E-state index is 11.5. The van der Waals surface area contributed by atoms with E-state index in [1.807, 2.05) is 27.7 Å².